The van der Waals surface area contributed by atoms with E-state index in [2.05, 4.69) is 0 Å². The molecule has 0 N–H and O–H groups in total. The van der Waals surface area contributed by atoms with Crippen LogP contribution in [0.25, 0.3) is 0 Å². The number of carbonyl (C=O) groups is 3. The third-order valence-corrected chi connectivity index (χ3v) is 3.23. The maximum atomic E-state index is 12.3. The Kier molecular flexibility index (Phi) is 3.34. The van der Waals surface area contributed by atoms with Crippen LogP contribution in [-0.4, -0.2) is 24.4 Å². The van der Waals surface area contributed by atoms with E-state index >= 15 is 0 Å². The summed E-state index contributed by atoms with van der Waals surface area (Å²) in [5, 5.41) is 10.4. The largest absolute Gasteiger partial charge is 0.546 e. The third-order valence-electron chi connectivity index (χ3n) is 3.23. The molecule has 0 bridgehead atoms. The van der Waals surface area contributed by atoms with E-state index in [1.165, 1.54) is 12.1 Å². The molecule has 1 heterocycles. The molecular formula is C16H10NO5-. The molecule has 6 heteroatoms. The molecule has 6 nitrogen and oxygen atoms in total. The van der Waals surface area contributed by atoms with Crippen molar-refractivity contribution in [2.75, 3.05) is 11.5 Å². The zero-order chi connectivity index (χ0) is 15.7. The third kappa shape index (κ3) is 2.31. The first-order chi connectivity index (χ1) is 10.6. The average Bonchev–Trinajstić information content (AvgIpc) is 2.78. The Morgan fingerprint density at radius 3 is 2.23 bits per heavy atom. The van der Waals surface area contributed by atoms with Gasteiger partial charge in [-0.05, 0) is 24.3 Å². The molecular weight excluding hydrogens is 286 g/mol. The predicted molar refractivity (Wildman–Crippen MR) is 74.5 cm³/mol. The summed E-state index contributed by atoms with van der Waals surface area (Å²) >= 11 is 0. The number of hydrogen-bond acceptors (Lipinski definition) is 5. The lowest BCUT2D eigenvalue weighted by Gasteiger charge is -2.15. The molecule has 0 aromatic heterocycles. The van der Waals surface area contributed by atoms with Crippen LogP contribution in [0.1, 0.15) is 20.7 Å². The number of benzene rings is 2. The van der Waals surface area contributed by atoms with E-state index in [1.807, 2.05) is 0 Å². The minimum absolute atomic E-state index is 0.234. The highest BCUT2D eigenvalue weighted by atomic mass is 16.5. The quantitative estimate of drug-likeness (QED) is 0.772. The van der Waals surface area contributed by atoms with E-state index < -0.39 is 24.4 Å². The molecule has 2 aromatic rings. The maximum absolute atomic E-state index is 12.3. The molecule has 3 rings (SSSR count). The zero-order valence-electron chi connectivity index (χ0n) is 11.3. The number of rotatable bonds is 4. The molecule has 0 fully saturated rings. The Morgan fingerprint density at radius 1 is 1.00 bits per heavy atom. The van der Waals surface area contributed by atoms with E-state index in [9.17, 15) is 19.5 Å². The van der Waals surface area contributed by atoms with Crippen molar-refractivity contribution in [2.24, 2.45) is 0 Å². The van der Waals surface area contributed by atoms with Gasteiger partial charge in [-0.3, -0.25) is 9.59 Å². The van der Waals surface area contributed by atoms with Gasteiger partial charge in [-0.1, -0.05) is 18.2 Å². The number of ether oxygens (including phenoxy) is 1. The summed E-state index contributed by atoms with van der Waals surface area (Å²) < 4.78 is 5.00. The highest BCUT2D eigenvalue weighted by molar-refractivity contribution is 6.34. The number of carboxylic acid groups (broad SMARTS) is 1. The maximum Gasteiger partial charge on any atom is 0.266 e. The Hall–Kier alpha value is -3.15. The Morgan fingerprint density at radius 2 is 1.64 bits per heavy atom. The zero-order valence-corrected chi connectivity index (χ0v) is 11.3. The lowest BCUT2D eigenvalue weighted by Crippen LogP contribution is -2.30. The first-order valence-corrected chi connectivity index (χ1v) is 6.48. The molecule has 0 unspecified atom stereocenters. The number of carbonyl (C=O) groups excluding carboxylic acids is 3. The minimum atomic E-state index is -1.36. The van der Waals surface area contributed by atoms with E-state index in [0.29, 0.717) is 16.8 Å². The van der Waals surface area contributed by atoms with Crippen LogP contribution in [0.3, 0.4) is 0 Å². The van der Waals surface area contributed by atoms with Crippen LogP contribution in [0.4, 0.5) is 5.69 Å². The number of nitrogens with zero attached hydrogens (tertiary/aromatic N) is 1. The second kappa shape index (κ2) is 5.33. The van der Waals surface area contributed by atoms with Crippen LogP contribution in [0.5, 0.6) is 5.75 Å². The van der Waals surface area contributed by atoms with Gasteiger partial charge in [0.1, 0.15) is 12.4 Å². The summed E-state index contributed by atoms with van der Waals surface area (Å²) in [7, 11) is 0. The number of fused-ring (bicyclic) bond motifs is 1. The summed E-state index contributed by atoms with van der Waals surface area (Å²) in [6.07, 6.45) is 0. The molecule has 2 amide bonds. The number of amides is 2. The van der Waals surface area contributed by atoms with Crippen LogP contribution in [-0.2, 0) is 4.79 Å². The van der Waals surface area contributed by atoms with Gasteiger partial charge in [-0.2, -0.15) is 0 Å². The normalized spacial score (nSPS) is 13.2. The standard InChI is InChI=1S/C16H11NO5/c18-14(19)9-22-11-5-3-4-10(8-11)17-15(20)12-6-1-2-7-13(12)16(17)21/h1-8H,9H2,(H,18,19)/p-1. The lowest BCUT2D eigenvalue weighted by atomic mass is 10.1. The summed E-state index contributed by atoms with van der Waals surface area (Å²) in [4.78, 5) is 36.1. The summed E-state index contributed by atoms with van der Waals surface area (Å²) in [5.74, 6) is -1.96. The average molecular weight is 296 g/mol. The van der Waals surface area contributed by atoms with Crippen molar-refractivity contribution < 1.29 is 24.2 Å². The van der Waals surface area contributed by atoms with Gasteiger partial charge >= 0.3 is 0 Å². The van der Waals surface area contributed by atoms with Gasteiger partial charge in [-0.15, -0.1) is 0 Å². The van der Waals surface area contributed by atoms with Crippen LogP contribution in [0.15, 0.2) is 48.5 Å². The second-order valence-electron chi connectivity index (χ2n) is 4.65. The molecule has 0 aliphatic carbocycles. The fourth-order valence-corrected chi connectivity index (χ4v) is 2.28. The molecule has 1 aliphatic heterocycles. The number of hydrogen-bond donors (Lipinski definition) is 0. The first-order valence-electron chi connectivity index (χ1n) is 6.48. The number of aliphatic carboxylic acids is 1. The molecule has 2 aromatic carbocycles. The number of anilines is 1. The van der Waals surface area contributed by atoms with Crippen molar-refractivity contribution in [1.82, 2.24) is 0 Å². The fourth-order valence-electron chi connectivity index (χ4n) is 2.28. The van der Waals surface area contributed by atoms with E-state index in [1.54, 1.807) is 36.4 Å². The van der Waals surface area contributed by atoms with Gasteiger partial charge in [0.05, 0.1) is 22.8 Å². The first kappa shape index (κ1) is 13.8. The predicted octanol–water partition coefficient (Wildman–Crippen LogP) is 0.616. The lowest BCUT2D eigenvalue weighted by molar-refractivity contribution is -0.307. The summed E-state index contributed by atoms with van der Waals surface area (Å²) in [6.45, 7) is -0.606. The number of carboxylic acids is 1. The van der Waals surface area contributed by atoms with Crippen molar-refractivity contribution >= 4 is 23.5 Å². The van der Waals surface area contributed by atoms with Crippen LogP contribution in [0.2, 0.25) is 0 Å². The molecule has 0 saturated heterocycles. The van der Waals surface area contributed by atoms with Gasteiger partial charge in [0.2, 0.25) is 0 Å². The fraction of sp³-hybridized carbons (Fsp3) is 0.0625. The Bertz CT molecular complexity index is 749. The van der Waals surface area contributed by atoms with Crippen LogP contribution in [0, 0.1) is 0 Å². The van der Waals surface area contributed by atoms with E-state index in [4.69, 9.17) is 4.74 Å². The molecule has 0 atom stereocenters. The number of imide groups is 1. The monoisotopic (exact) mass is 296 g/mol. The Labute approximate surface area is 125 Å². The molecule has 1 aliphatic rings. The summed E-state index contributed by atoms with van der Waals surface area (Å²) in [5.41, 5.74) is 1.00. The van der Waals surface area contributed by atoms with Gasteiger partial charge < -0.3 is 14.6 Å². The molecule has 0 saturated carbocycles. The van der Waals surface area contributed by atoms with Gasteiger partial charge in [0.15, 0.2) is 0 Å². The van der Waals surface area contributed by atoms with Crippen LogP contribution >= 0.6 is 0 Å². The van der Waals surface area contributed by atoms with Crippen molar-refractivity contribution in [3.63, 3.8) is 0 Å². The van der Waals surface area contributed by atoms with Crippen molar-refractivity contribution in [2.45, 2.75) is 0 Å². The molecule has 0 spiro atoms. The topological polar surface area (TPSA) is 86.7 Å². The van der Waals surface area contributed by atoms with Crippen molar-refractivity contribution in [3.8, 4) is 5.75 Å². The van der Waals surface area contributed by atoms with E-state index in [0.717, 1.165) is 4.90 Å². The smallest absolute Gasteiger partial charge is 0.266 e. The molecule has 0 radical (unpaired) electrons. The van der Waals surface area contributed by atoms with Gasteiger partial charge in [0, 0.05) is 6.07 Å². The van der Waals surface area contributed by atoms with E-state index in [-0.39, 0.29) is 5.75 Å². The Balaban J connectivity index is 1.92. The second-order valence-corrected chi connectivity index (χ2v) is 4.65. The minimum Gasteiger partial charge on any atom is -0.546 e. The highest BCUT2D eigenvalue weighted by Crippen LogP contribution is 2.30. The van der Waals surface area contributed by atoms with Crippen molar-refractivity contribution in [1.29, 1.82) is 0 Å². The highest BCUT2D eigenvalue weighted by Gasteiger charge is 2.36. The van der Waals surface area contributed by atoms with Gasteiger partial charge in [0.25, 0.3) is 11.8 Å². The van der Waals surface area contributed by atoms with Crippen molar-refractivity contribution in [3.05, 3.63) is 59.7 Å². The molecule has 22 heavy (non-hydrogen) atoms. The summed E-state index contributed by atoms with van der Waals surface area (Å²) in [6, 6.07) is 12.7. The molecule has 110 valence electrons. The van der Waals surface area contributed by atoms with Crippen LogP contribution < -0.4 is 14.7 Å². The SMILES string of the molecule is O=C([O-])COc1cccc(N2C(=O)c3ccccc3C2=O)c1. The van der Waals surface area contributed by atoms with Gasteiger partial charge in [-0.25, -0.2) is 4.90 Å².